The van der Waals surface area contributed by atoms with Gasteiger partial charge in [0.05, 0.1) is 10.6 Å². The molecule has 1 aromatic rings. The number of hydrogen-bond acceptors (Lipinski definition) is 6. The Morgan fingerprint density at radius 1 is 1.14 bits per heavy atom. The van der Waals surface area contributed by atoms with E-state index in [0.29, 0.717) is 9.88 Å². The highest BCUT2D eigenvalue weighted by Crippen LogP contribution is 2.42. The standard InChI is InChI=1S/C14H22N2O3S2/c1-10(17)12-11(15)13(21(2,18)19)14(20-12)16-8-6-4-3-5-7-9-16/h3-9,15H2,1-2H3. The van der Waals surface area contributed by atoms with E-state index in [1.165, 1.54) is 24.7 Å². The molecule has 0 atom stereocenters. The van der Waals surface area contributed by atoms with E-state index in [1.54, 1.807) is 0 Å². The van der Waals surface area contributed by atoms with Gasteiger partial charge in [0.1, 0.15) is 9.90 Å². The lowest BCUT2D eigenvalue weighted by Crippen LogP contribution is -2.27. The van der Waals surface area contributed by atoms with Crippen molar-refractivity contribution in [1.82, 2.24) is 0 Å². The lowest BCUT2D eigenvalue weighted by Gasteiger charge is -2.26. The van der Waals surface area contributed by atoms with Crippen molar-refractivity contribution in [3.8, 4) is 0 Å². The zero-order valence-electron chi connectivity index (χ0n) is 12.5. The van der Waals surface area contributed by atoms with Gasteiger partial charge in [-0.2, -0.15) is 0 Å². The average Bonchev–Trinajstić information content (AvgIpc) is 2.66. The summed E-state index contributed by atoms with van der Waals surface area (Å²) in [5.41, 5.74) is 6.07. The molecule has 1 fully saturated rings. The normalized spacial score (nSPS) is 17.3. The van der Waals surface area contributed by atoms with Crippen LogP contribution in [0.3, 0.4) is 0 Å². The summed E-state index contributed by atoms with van der Waals surface area (Å²) in [6, 6.07) is 0. The second-order valence-corrected chi connectivity index (χ2v) is 8.51. The number of carbonyl (C=O) groups is 1. The van der Waals surface area contributed by atoms with Gasteiger partial charge in [-0.1, -0.05) is 19.3 Å². The molecule has 0 spiro atoms. The monoisotopic (exact) mass is 330 g/mol. The van der Waals surface area contributed by atoms with Crippen LogP contribution in [0.1, 0.15) is 48.7 Å². The summed E-state index contributed by atoms with van der Waals surface area (Å²) >= 11 is 1.22. The van der Waals surface area contributed by atoms with Crippen molar-refractivity contribution in [3.05, 3.63) is 4.88 Å². The molecule has 2 rings (SSSR count). The maximum atomic E-state index is 12.1. The Balaban J connectivity index is 2.50. The molecule has 1 saturated heterocycles. The molecule has 2 heterocycles. The van der Waals surface area contributed by atoms with E-state index in [1.807, 2.05) is 0 Å². The molecular weight excluding hydrogens is 308 g/mol. The number of carbonyl (C=O) groups excluding carboxylic acids is 1. The van der Waals surface area contributed by atoms with Crippen LogP contribution >= 0.6 is 11.3 Å². The fourth-order valence-corrected chi connectivity index (χ4v) is 5.35. The third-order valence-corrected chi connectivity index (χ3v) is 6.37. The number of nitrogens with two attached hydrogens (primary N) is 1. The van der Waals surface area contributed by atoms with Crippen LogP contribution in [0, 0.1) is 0 Å². The zero-order valence-corrected chi connectivity index (χ0v) is 14.1. The first-order valence-corrected chi connectivity index (χ1v) is 9.91. The van der Waals surface area contributed by atoms with E-state index in [4.69, 9.17) is 5.73 Å². The Hall–Kier alpha value is -1.08. The quantitative estimate of drug-likeness (QED) is 0.862. The van der Waals surface area contributed by atoms with E-state index in [9.17, 15) is 13.2 Å². The van der Waals surface area contributed by atoms with Crippen molar-refractivity contribution in [3.63, 3.8) is 0 Å². The number of anilines is 2. The Morgan fingerprint density at radius 3 is 2.14 bits per heavy atom. The summed E-state index contributed by atoms with van der Waals surface area (Å²) in [7, 11) is -3.46. The highest BCUT2D eigenvalue weighted by Gasteiger charge is 2.28. The molecule has 0 saturated carbocycles. The molecule has 1 aromatic heterocycles. The fourth-order valence-electron chi connectivity index (χ4n) is 2.69. The van der Waals surface area contributed by atoms with Crippen molar-refractivity contribution in [1.29, 1.82) is 0 Å². The van der Waals surface area contributed by atoms with Crippen molar-refractivity contribution >= 4 is 37.6 Å². The molecule has 0 unspecified atom stereocenters. The van der Waals surface area contributed by atoms with E-state index >= 15 is 0 Å². The molecular formula is C14H22N2O3S2. The average molecular weight is 330 g/mol. The SMILES string of the molecule is CC(=O)c1sc(N2CCCCCCC2)c(S(C)(=O)=O)c1N. The molecule has 0 aromatic carbocycles. The Kier molecular flexibility index (Phi) is 4.93. The highest BCUT2D eigenvalue weighted by molar-refractivity contribution is 7.91. The molecule has 2 N–H and O–H groups in total. The molecule has 21 heavy (non-hydrogen) atoms. The van der Waals surface area contributed by atoms with Crippen LogP contribution in [0.25, 0.3) is 0 Å². The number of ketones is 1. The molecule has 1 aliphatic heterocycles. The summed E-state index contributed by atoms with van der Waals surface area (Å²) in [6.07, 6.45) is 6.78. The third kappa shape index (κ3) is 3.58. The van der Waals surface area contributed by atoms with E-state index in [2.05, 4.69) is 4.90 Å². The molecule has 5 nitrogen and oxygen atoms in total. The molecule has 0 bridgehead atoms. The summed E-state index contributed by atoms with van der Waals surface area (Å²) in [4.78, 5) is 14.3. The molecule has 1 aliphatic rings. The number of rotatable bonds is 3. The topological polar surface area (TPSA) is 80.5 Å². The van der Waals surface area contributed by atoms with Crippen molar-refractivity contribution < 1.29 is 13.2 Å². The maximum absolute atomic E-state index is 12.1. The van der Waals surface area contributed by atoms with E-state index < -0.39 is 9.84 Å². The minimum Gasteiger partial charge on any atom is -0.396 e. The molecule has 0 aliphatic carbocycles. The van der Waals surface area contributed by atoms with Gasteiger partial charge in [0.25, 0.3) is 0 Å². The smallest absolute Gasteiger partial charge is 0.180 e. The minimum atomic E-state index is -3.46. The Bertz CT molecular complexity index is 627. The largest absolute Gasteiger partial charge is 0.396 e. The first-order valence-electron chi connectivity index (χ1n) is 7.20. The molecule has 7 heteroatoms. The van der Waals surface area contributed by atoms with Gasteiger partial charge in [-0.25, -0.2) is 8.42 Å². The predicted octanol–water partition coefficient (Wildman–Crippen LogP) is 2.71. The summed E-state index contributed by atoms with van der Waals surface area (Å²) < 4.78 is 24.2. The third-order valence-electron chi connectivity index (χ3n) is 3.72. The van der Waals surface area contributed by atoms with E-state index in [0.717, 1.165) is 45.0 Å². The second-order valence-electron chi connectivity index (χ2n) is 5.56. The second kappa shape index (κ2) is 6.36. The van der Waals surface area contributed by atoms with Gasteiger partial charge in [0.2, 0.25) is 0 Å². The minimum absolute atomic E-state index is 0.118. The molecule has 0 radical (unpaired) electrons. The number of hydrogen-bond donors (Lipinski definition) is 1. The molecule has 118 valence electrons. The van der Waals surface area contributed by atoms with Gasteiger partial charge in [0, 0.05) is 26.3 Å². The van der Waals surface area contributed by atoms with Gasteiger partial charge >= 0.3 is 0 Å². The van der Waals surface area contributed by atoms with Crippen molar-refractivity contribution in [2.24, 2.45) is 0 Å². The van der Waals surface area contributed by atoms with Crippen molar-refractivity contribution in [2.75, 3.05) is 30.0 Å². The summed E-state index contributed by atoms with van der Waals surface area (Å²) in [6.45, 7) is 3.06. The van der Waals surface area contributed by atoms with Crippen LogP contribution in [0.4, 0.5) is 10.7 Å². The summed E-state index contributed by atoms with van der Waals surface area (Å²) in [5, 5.41) is 0.641. The van der Waals surface area contributed by atoms with Crippen LogP contribution in [-0.4, -0.2) is 33.5 Å². The number of sulfone groups is 1. The number of thiophene rings is 1. The van der Waals surface area contributed by atoms with Crippen LogP contribution < -0.4 is 10.6 Å². The molecule has 0 amide bonds. The van der Waals surface area contributed by atoms with E-state index in [-0.39, 0.29) is 16.4 Å². The number of nitrogens with zero attached hydrogens (tertiary/aromatic N) is 1. The van der Waals surface area contributed by atoms with Crippen molar-refractivity contribution in [2.45, 2.75) is 43.9 Å². The van der Waals surface area contributed by atoms with Gasteiger partial charge in [-0.3, -0.25) is 4.79 Å². The van der Waals surface area contributed by atoms with Crippen LogP contribution in [-0.2, 0) is 9.84 Å². The van der Waals surface area contributed by atoms with Crippen LogP contribution in [0.2, 0.25) is 0 Å². The zero-order chi connectivity index (χ0) is 15.6. The lowest BCUT2D eigenvalue weighted by molar-refractivity contribution is 0.102. The maximum Gasteiger partial charge on any atom is 0.180 e. The Labute approximate surface area is 130 Å². The number of nitrogen functional groups attached to an aromatic ring is 1. The lowest BCUT2D eigenvalue weighted by atomic mass is 10.1. The van der Waals surface area contributed by atoms with Gasteiger partial charge < -0.3 is 10.6 Å². The Morgan fingerprint density at radius 2 is 1.67 bits per heavy atom. The summed E-state index contributed by atoms with van der Waals surface area (Å²) in [5.74, 6) is -0.180. The number of Topliss-reactive ketones (excluding diaryl/α,β-unsaturated/α-hetero) is 1. The van der Waals surface area contributed by atoms with Gasteiger partial charge in [-0.15, -0.1) is 11.3 Å². The first kappa shape index (κ1) is 16.3. The predicted molar refractivity (Wildman–Crippen MR) is 87.1 cm³/mol. The highest BCUT2D eigenvalue weighted by atomic mass is 32.2. The van der Waals surface area contributed by atoms with Gasteiger partial charge in [0.15, 0.2) is 15.6 Å². The van der Waals surface area contributed by atoms with Crippen LogP contribution in [0.5, 0.6) is 0 Å². The van der Waals surface area contributed by atoms with Gasteiger partial charge in [-0.05, 0) is 12.8 Å². The fraction of sp³-hybridized carbons (Fsp3) is 0.643. The first-order chi connectivity index (χ1) is 9.82. The van der Waals surface area contributed by atoms with Crippen LogP contribution in [0.15, 0.2) is 4.90 Å².